The zero-order chi connectivity index (χ0) is 22.9. The molecule has 0 spiro atoms. The van der Waals surface area contributed by atoms with Gasteiger partial charge < -0.3 is 15.4 Å². The van der Waals surface area contributed by atoms with Crippen molar-refractivity contribution in [3.8, 4) is 5.75 Å². The molecule has 1 rings (SSSR count). The Bertz CT molecular complexity index is 700. The van der Waals surface area contributed by atoms with Crippen LogP contribution >= 0.6 is 0 Å². The van der Waals surface area contributed by atoms with Crippen LogP contribution in [0.3, 0.4) is 0 Å². The van der Waals surface area contributed by atoms with Crippen LogP contribution in [-0.4, -0.2) is 54.7 Å². The molecule has 0 aromatic heterocycles. The molecule has 0 aliphatic carbocycles. The second-order valence-corrected chi connectivity index (χ2v) is 8.49. The van der Waals surface area contributed by atoms with Crippen molar-refractivity contribution in [1.29, 1.82) is 0 Å². The van der Waals surface area contributed by atoms with Crippen LogP contribution in [0.25, 0.3) is 0 Å². The van der Waals surface area contributed by atoms with Crippen molar-refractivity contribution in [3.63, 3.8) is 0 Å². The van der Waals surface area contributed by atoms with Crippen LogP contribution in [0, 0.1) is 11.3 Å². The summed E-state index contributed by atoms with van der Waals surface area (Å²) in [4.78, 5) is 36.4. The first-order valence-electron chi connectivity index (χ1n) is 10.1. The van der Waals surface area contributed by atoms with Gasteiger partial charge in [-0.05, 0) is 49.3 Å². The third-order valence-corrected chi connectivity index (χ3v) is 5.25. The fourth-order valence-corrected chi connectivity index (χ4v) is 3.26. The smallest absolute Gasteiger partial charge is 0.242 e. The van der Waals surface area contributed by atoms with E-state index >= 15 is 0 Å². The summed E-state index contributed by atoms with van der Waals surface area (Å²) in [5.41, 5.74) is 0.590. The molecule has 0 radical (unpaired) electrons. The first-order chi connectivity index (χ1) is 14.0. The van der Waals surface area contributed by atoms with Gasteiger partial charge in [-0.25, -0.2) is 5.06 Å². The molecule has 8 heteroatoms. The maximum atomic E-state index is 13.0. The zero-order valence-corrected chi connectivity index (χ0v) is 18.8. The third kappa shape index (κ3) is 7.33. The highest BCUT2D eigenvalue weighted by atomic mass is 16.5. The number of likely N-dealkylation sites (N-methyl/N-ethyl adjacent to an activating group) is 1. The van der Waals surface area contributed by atoms with Gasteiger partial charge in [0.25, 0.3) is 0 Å². The summed E-state index contributed by atoms with van der Waals surface area (Å²) in [6, 6.07) is 6.20. The molecule has 0 aliphatic rings. The van der Waals surface area contributed by atoms with E-state index in [2.05, 4.69) is 10.6 Å². The number of aryl methyl sites for hydroxylation is 1. The summed E-state index contributed by atoms with van der Waals surface area (Å²) in [5, 5.41) is 15.7. The molecule has 1 aromatic rings. The number of benzene rings is 1. The molecule has 3 N–H and O–H groups in total. The molecule has 0 heterocycles. The van der Waals surface area contributed by atoms with Crippen LogP contribution in [0.4, 0.5) is 0 Å². The second kappa shape index (κ2) is 11.5. The van der Waals surface area contributed by atoms with E-state index in [0.717, 1.165) is 17.7 Å². The Hall–Kier alpha value is -2.61. The van der Waals surface area contributed by atoms with Crippen LogP contribution in [0.15, 0.2) is 24.3 Å². The quantitative estimate of drug-likeness (QED) is 0.288. The summed E-state index contributed by atoms with van der Waals surface area (Å²) in [5.74, 6) is -0.569. The molecule has 3 amide bonds. The van der Waals surface area contributed by atoms with E-state index in [4.69, 9.17) is 4.74 Å². The van der Waals surface area contributed by atoms with Crippen LogP contribution in [0.5, 0.6) is 5.75 Å². The zero-order valence-electron chi connectivity index (χ0n) is 18.8. The van der Waals surface area contributed by atoms with Gasteiger partial charge >= 0.3 is 0 Å². The van der Waals surface area contributed by atoms with Gasteiger partial charge in [-0.1, -0.05) is 32.9 Å². The SMILES string of the molecule is CNC(=O)C(NC(=O)C(CCCc1ccc(OC)cc1)C(C)N(O)C=O)C(C)(C)C. The number of rotatable bonds is 11. The topological polar surface area (TPSA) is 108 Å². The molecule has 0 saturated heterocycles. The van der Waals surface area contributed by atoms with Gasteiger partial charge in [-0.2, -0.15) is 0 Å². The molecular formula is C22H35N3O5. The number of carbonyl (C=O) groups excluding carboxylic acids is 3. The monoisotopic (exact) mass is 421 g/mol. The molecule has 3 atom stereocenters. The fraction of sp³-hybridized carbons (Fsp3) is 0.591. The number of nitrogens with one attached hydrogen (secondary N) is 2. The van der Waals surface area contributed by atoms with Crippen molar-refractivity contribution in [2.75, 3.05) is 14.2 Å². The molecule has 0 aliphatic heterocycles. The number of ether oxygens (including phenoxy) is 1. The van der Waals surface area contributed by atoms with Crippen molar-refractivity contribution >= 4 is 18.2 Å². The van der Waals surface area contributed by atoms with Crippen molar-refractivity contribution in [3.05, 3.63) is 29.8 Å². The van der Waals surface area contributed by atoms with Gasteiger partial charge in [0.15, 0.2) is 0 Å². The Kier molecular flexibility index (Phi) is 9.78. The Morgan fingerprint density at radius 2 is 1.80 bits per heavy atom. The normalized spacial score (nSPS) is 14.2. The predicted molar refractivity (Wildman–Crippen MR) is 114 cm³/mol. The summed E-state index contributed by atoms with van der Waals surface area (Å²) < 4.78 is 5.15. The minimum atomic E-state index is -0.741. The van der Waals surface area contributed by atoms with Crippen molar-refractivity contribution < 1.29 is 24.3 Å². The fourth-order valence-electron chi connectivity index (χ4n) is 3.26. The van der Waals surface area contributed by atoms with Crippen molar-refractivity contribution in [2.45, 2.75) is 59.0 Å². The Morgan fingerprint density at radius 3 is 2.27 bits per heavy atom. The third-order valence-electron chi connectivity index (χ3n) is 5.25. The average Bonchev–Trinajstić information content (AvgIpc) is 2.72. The number of hydroxylamine groups is 2. The maximum absolute atomic E-state index is 13.0. The van der Waals surface area contributed by atoms with E-state index in [1.54, 1.807) is 14.0 Å². The number of carbonyl (C=O) groups is 3. The van der Waals surface area contributed by atoms with E-state index in [1.807, 2.05) is 45.0 Å². The number of amides is 3. The lowest BCUT2D eigenvalue weighted by atomic mass is 9.85. The van der Waals surface area contributed by atoms with Crippen molar-refractivity contribution in [1.82, 2.24) is 15.7 Å². The summed E-state index contributed by atoms with van der Waals surface area (Å²) in [6.45, 7) is 7.19. The maximum Gasteiger partial charge on any atom is 0.242 e. The van der Waals surface area contributed by atoms with Crippen LogP contribution in [0.2, 0.25) is 0 Å². The van der Waals surface area contributed by atoms with E-state index in [9.17, 15) is 19.6 Å². The van der Waals surface area contributed by atoms with Gasteiger partial charge in [0.2, 0.25) is 18.2 Å². The summed E-state index contributed by atoms with van der Waals surface area (Å²) in [6.07, 6.45) is 2.12. The lowest BCUT2D eigenvalue weighted by Crippen LogP contribution is -2.56. The predicted octanol–water partition coefficient (Wildman–Crippen LogP) is 2.15. The first kappa shape index (κ1) is 25.4. The molecule has 1 aromatic carbocycles. The molecular weight excluding hydrogens is 386 g/mol. The lowest BCUT2D eigenvalue weighted by molar-refractivity contribution is -0.166. The first-order valence-corrected chi connectivity index (χ1v) is 10.1. The van der Waals surface area contributed by atoms with Gasteiger partial charge in [0.1, 0.15) is 11.8 Å². The van der Waals surface area contributed by atoms with E-state index < -0.39 is 23.4 Å². The van der Waals surface area contributed by atoms with Gasteiger partial charge in [0.05, 0.1) is 19.1 Å². The number of hydrogen-bond donors (Lipinski definition) is 3. The summed E-state index contributed by atoms with van der Waals surface area (Å²) >= 11 is 0. The van der Waals surface area contributed by atoms with Gasteiger partial charge in [-0.15, -0.1) is 0 Å². The summed E-state index contributed by atoms with van der Waals surface area (Å²) in [7, 11) is 3.13. The Balaban J connectivity index is 2.91. The number of hydrogen-bond acceptors (Lipinski definition) is 5. The highest BCUT2D eigenvalue weighted by Gasteiger charge is 2.36. The molecule has 30 heavy (non-hydrogen) atoms. The lowest BCUT2D eigenvalue weighted by Gasteiger charge is -2.33. The Morgan fingerprint density at radius 1 is 1.20 bits per heavy atom. The highest BCUT2D eigenvalue weighted by Crippen LogP contribution is 2.23. The van der Waals surface area contributed by atoms with E-state index in [1.165, 1.54) is 7.05 Å². The highest BCUT2D eigenvalue weighted by molar-refractivity contribution is 5.89. The van der Waals surface area contributed by atoms with Gasteiger partial charge in [-0.3, -0.25) is 19.6 Å². The molecule has 0 bridgehead atoms. The largest absolute Gasteiger partial charge is 0.497 e. The standard InChI is InChI=1S/C22H35N3O5/c1-15(25(29)14-26)18(9-7-8-16-10-12-17(30-6)13-11-16)20(27)24-19(21(28)23-5)22(2,3)4/h10-15,18-19,29H,7-9H2,1-6H3,(H,23,28)(H,24,27). The van der Waals surface area contributed by atoms with Gasteiger partial charge in [0, 0.05) is 7.05 Å². The molecule has 8 nitrogen and oxygen atoms in total. The van der Waals surface area contributed by atoms with Crippen LogP contribution < -0.4 is 15.4 Å². The number of nitrogens with zero attached hydrogens (tertiary/aromatic N) is 1. The second-order valence-electron chi connectivity index (χ2n) is 8.49. The molecule has 3 unspecified atom stereocenters. The molecule has 0 fully saturated rings. The van der Waals surface area contributed by atoms with Crippen LogP contribution in [0.1, 0.15) is 46.1 Å². The minimum Gasteiger partial charge on any atom is -0.497 e. The average molecular weight is 422 g/mol. The van der Waals surface area contributed by atoms with Crippen molar-refractivity contribution in [2.24, 2.45) is 11.3 Å². The molecule has 0 saturated carbocycles. The van der Waals surface area contributed by atoms with Crippen LogP contribution in [-0.2, 0) is 20.8 Å². The van der Waals surface area contributed by atoms with E-state index in [-0.39, 0.29) is 18.2 Å². The molecule has 168 valence electrons. The number of methoxy groups -OCH3 is 1. The van der Waals surface area contributed by atoms with E-state index in [0.29, 0.717) is 17.9 Å². The minimum absolute atomic E-state index is 0.286. The Labute approximate surface area is 178 Å².